The molecule has 0 N–H and O–H groups in total. The highest BCUT2D eigenvalue weighted by molar-refractivity contribution is 6.07. The fraction of sp³-hybridized carbons (Fsp3) is 0.250. The molecule has 0 aliphatic heterocycles. The molecule has 1 aromatic carbocycles. The molecule has 0 atom stereocenters. The van der Waals surface area contributed by atoms with Crippen molar-refractivity contribution in [2.24, 2.45) is 0 Å². The van der Waals surface area contributed by atoms with Gasteiger partial charge in [0, 0.05) is 30.9 Å². The molecule has 0 aliphatic carbocycles. The van der Waals surface area contributed by atoms with E-state index in [0.717, 1.165) is 5.56 Å². The Balaban J connectivity index is 1.99. The minimum absolute atomic E-state index is 0.173. The first-order valence-corrected chi connectivity index (χ1v) is 8.26. The average Bonchev–Trinajstić information content (AvgIpc) is 3.00. The molecule has 0 saturated carbocycles. The monoisotopic (exact) mass is 349 g/mol. The van der Waals surface area contributed by atoms with E-state index in [1.807, 2.05) is 12.1 Å². The van der Waals surface area contributed by atoms with E-state index < -0.39 is 0 Å². The zero-order valence-electron chi connectivity index (χ0n) is 14.7. The Morgan fingerprint density at radius 3 is 2.92 bits per heavy atom. The normalized spacial score (nSPS) is 10.5. The quantitative estimate of drug-likeness (QED) is 0.678. The predicted octanol–water partition coefficient (Wildman–Crippen LogP) is 3.70. The highest BCUT2D eigenvalue weighted by atomic mass is 16.5. The van der Waals surface area contributed by atoms with Crippen molar-refractivity contribution in [3.05, 3.63) is 59.6 Å². The minimum Gasteiger partial charge on any atom is -0.497 e. The number of furan rings is 1. The van der Waals surface area contributed by atoms with Gasteiger partial charge in [-0.05, 0) is 36.8 Å². The maximum Gasteiger partial charge on any atom is 0.258 e. The summed E-state index contributed by atoms with van der Waals surface area (Å²) in [4.78, 5) is 19.0. The number of ether oxygens (including phenoxy) is 1. The summed E-state index contributed by atoms with van der Waals surface area (Å²) in [5.41, 5.74) is 2.04. The van der Waals surface area contributed by atoms with Crippen molar-refractivity contribution in [3.8, 4) is 11.8 Å². The molecule has 0 unspecified atom stereocenters. The molecule has 6 nitrogen and oxygen atoms in total. The molecule has 0 saturated heterocycles. The van der Waals surface area contributed by atoms with Gasteiger partial charge in [-0.15, -0.1) is 0 Å². The van der Waals surface area contributed by atoms with Crippen molar-refractivity contribution in [2.45, 2.75) is 19.9 Å². The molecule has 2 aromatic heterocycles. The number of carbonyl (C=O) groups is 1. The van der Waals surface area contributed by atoms with E-state index >= 15 is 0 Å². The number of aryl methyl sites for hydroxylation is 1. The largest absolute Gasteiger partial charge is 0.497 e. The van der Waals surface area contributed by atoms with Crippen molar-refractivity contribution >= 4 is 16.9 Å². The summed E-state index contributed by atoms with van der Waals surface area (Å²) in [6.45, 7) is 2.48. The Kier molecular flexibility index (Phi) is 5.18. The number of nitrogens with zero attached hydrogens (tertiary/aromatic N) is 3. The third-order valence-corrected chi connectivity index (χ3v) is 4.16. The molecule has 3 rings (SSSR count). The third kappa shape index (κ3) is 3.52. The molecule has 3 aromatic rings. The molecular formula is C20H19N3O3. The van der Waals surface area contributed by atoms with Crippen LogP contribution in [0, 0.1) is 18.3 Å². The van der Waals surface area contributed by atoms with Crippen molar-refractivity contribution in [3.63, 3.8) is 0 Å². The van der Waals surface area contributed by atoms with Gasteiger partial charge in [0.05, 0.1) is 25.2 Å². The summed E-state index contributed by atoms with van der Waals surface area (Å²) in [5.74, 6) is 1.03. The highest BCUT2D eigenvalue weighted by Crippen LogP contribution is 2.30. The van der Waals surface area contributed by atoms with Crippen LogP contribution in [0.25, 0.3) is 11.0 Å². The smallest absolute Gasteiger partial charge is 0.258 e. The molecule has 132 valence electrons. The summed E-state index contributed by atoms with van der Waals surface area (Å²) in [5, 5.41) is 9.66. The highest BCUT2D eigenvalue weighted by Gasteiger charge is 2.24. The summed E-state index contributed by atoms with van der Waals surface area (Å²) in [7, 11) is 1.58. The van der Waals surface area contributed by atoms with Gasteiger partial charge in [0.15, 0.2) is 0 Å². The zero-order chi connectivity index (χ0) is 18.5. The van der Waals surface area contributed by atoms with Gasteiger partial charge in [0.2, 0.25) is 0 Å². The second-order valence-corrected chi connectivity index (χ2v) is 5.89. The number of fused-ring (bicyclic) bond motifs is 1. The van der Waals surface area contributed by atoms with E-state index in [1.165, 1.54) is 0 Å². The lowest BCUT2D eigenvalue weighted by Gasteiger charge is -2.21. The number of nitriles is 1. The third-order valence-electron chi connectivity index (χ3n) is 4.16. The van der Waals surface area contributed by atoms with Crippen LogP contribution in [0.4, 0.5) is 0 Å². The van der Waals surface area contributed by atoms with Crippen LogP contribution >= 0.6 is 0 Å². The average molecular weight is 349 g/mol. The number of pyridine rings is 1. The molecule has 26 heavy (non-hydrogen) atoms. The van der Waals surface area contributed by atoms with Crippen molar-refractivity contribution in [2.75, 3.05) is 13.7 Å². The lowest BCUT2D eigenvalue weighted by atomic mass is 10.1. The molecule has 2 heterocycles. The fourth-order valence-electron chi connectivity index (χ4n) is 2.90. The molecule has 1 amide bonds. The molecular weight excluding hydrogens is 330 g/mol. The maximum atomic E-state index is 13.2. The SMILES string of the molecule is COc1ccc2oc(C)c(C(=O)N(CCC#N)Cc3cccnc3)c2c1. The number of carbonyl (C=O) groups excluding carboxylic acids is 1. The van der Waals surface area contributed by atoms with Crippen LogP contribution in [0.5, 0.6) is 5.75 Å². The number of hydrogen-bond acceptors (Lipinski definition) is 5. The van der Waals surface area contributed by atoms with Gasteiger partial charge >= 0.3 is 0 Å². The second kappa shape index (κ2) is 7.70. The van der Waals surface area contributed by atoms with Crippen molar-refractivity contribution in [1.82, 2.24) is 9.88 Å². The fourth-order valence-corrected chi connectivity index (χ4v) is 2.90. The van der Waals surface area contributed by atoms with Gasteiger partial charge in [-0.2, -0.15) is 5.26 Å². The Bertz CT molecular complexity index is 958. The zero-order valence-corrected chi connectivity index (χ0v) is 14.7. The lowest BCUT2D eigenvalue weighted by Crippen LogP contribution is -2.31. The summed E-state index contributed by atoms with van der Waals surface area (Å²) in [6.07, 6.45) is 3.66. The van der Waals surface area contributed by atoms with E-state index in [-0.39, 0.29) is 12.3 Å². The molecule has 6 heteroatoms. The van der Waals surface area contributed by atoms with E-state index in [0.29, 0.717) is 41.1 Å². The first-order valence-electron chi connectivity index (χ1n) is 8.26. The summed E-state index contributed by atoms with van der Waals surface area (Å²) < 4.78 is 11.0. The Hall–Kier alpha value is -3.33. The van der Waals surface area contributed by atoms with Gasteiger partial charge in [-0.1, -0.05) is 6.07 Å². The number of aromatic nitrogens is 1. The van der Waals surface area contributed by atoms with Crippen LogP contribution in [0.3, 0.4) is 0 Å². The molecule has 0 bridgehead atoms. The molecule has 0 fully saturated rings. The molecule has 0 aliphatic rings. The van der Waals surface area contributed by atoms with Crippen molar-refractivity contribution in [1.29, 1.82) is 5.26 Å². The van der Waals surface area contributed by atoms with Gasteiger partial charge in [-0.25, -0.2) is 0 Å². The summed E-state index contributed by atoms with van der Waals surface area (Å²) in [6, 6.07) is 11.2. The van der Waals surface area contributed by atoms with E-state index in [4.69, 9.17) is 14.4 Å². The summed E-state index contributed by atoms with van der Waals surface area (Å²) >= 11 is 0. The van der Waals surface area contributed by atoms with Gasteiger partial charge in [0.25, 0.3) is 5.91 Å². The van der Waals surface area contributed by atoms with Crippen molar-refractivity contribution < 1.29 is 13.9 Å². The lowest BCUT2D eigenvalue weighted by molar-refractivity contribution is 0.0746. The second-order valence-electron chi connectivity index (χ2n) is 5.89. The van der Waals surface area contributed by atoms with E-state index in [1.54, 1.807) is 49.5 Å². The number of rotatable bonds is 6. The number of methoxy groups -OCH3 is 1. The Morgan fingerprint density at radius 1 is 1.38 bits per heavy atom. The van der Waals surface area contributed by atoms with Crippen LogP contribution in [0.15, 0.2) is 47.1 Å². The van der Waals surface area contributed by atoms with Crippen LogP contribution in [-0.4, -0.2) is 29.4 Å². The number of hydrogen-bond donors (Lipinski definition) is 0. The maximum absolute atomic E-state index is 13.2. The molecule has 0 radical (unpaired) electrons. The van der Waals surface area contributed by atoms with Crippen LogP contribution < -0.4 is 4.74 Å². The topological polar surface area (TPSA) is 79.4 Å². The number of amides is 1. The van der Waals surface area contributed by atoms with Gasteiger partial charge in [-0.3, -0.25) is 9.78 Å². The number of benzene rings is 1. The first-order chi connectivity index (χ1) is 12.6. The van der Waals surface area contributed by atoms with Gasteiger partial charge < -0.3 is 14.1 Å². The van der Waals surface area contributed by atoms with Crippen LogP contribution in [-0.2, 0) is 6.54 Å². The Labute approximate surface area is 151 Å². The predicted molar refractivity (Wildman–Crippen MR) is 96.7 cm³/mol. The van der Waals surface area contributed by atoms with Gasteiger partial charge in [0.1, 0.15) is 17.1 Å². The van der Waals surface area contributed by atoms with E-state index in [2.05, 4.69) is 11.1 Å². The first kappa shape index (κ1) is 17.5. The minimum atomic E-state index is -0.173. The Morgan fingerprint density at radius 2 is 2.23 bits per heavy atom. The van der Waals surface area contributed by atoms with E-state index in [9.17, 15) is 4.79 Å². The van der Waals surface area contributed by atoms with Crippen LogP contribution in [0.1, 0.15) is 28.1 Å². The molecule has 0 spiro atoms. The standard InChI is InChI=1S/C20H19N3O3/c1-14-19(17-11-16(25-2)6-7-18(17)26-14)20(24)23(10-4-8-21)13-15-5-3-9-22-12-15/h3,5-7,9,11-12H,4,10,13H2,1-2H3. The van der Waals surface area contributed by atoms with Crippen LogP contribution in [0.2, 0.25) is 0 Å².